The van der Waals surface area contributed by atoms with E-state index in [1.807, 2.05) is 0 Å². The van der Waals surface area contributed by atoms with Crippen LogP contribution in [0.15, 0.2) is 36.5 Å². The molecular weight excluding hydrogens is 584 g/mol. The molecule has 1 aliphatic heterocycles. The predicted molar refractivity (Wildman–Crippen MR) is 153 cm³/mol. The number of esters is 5. The second-order valence-electron chi connectivity index (χ2n) is 11.8. The Balaban J connectivity index is 2.24. The summed E-state index contributed by atoms with van der Waals surface area (Å²) in [6.45, 7) is 16.4. The van der Waals surface area contributed by atoms with Crippen molar-refractivity contribution >= 4 is 41.4 Å². The lowest BCUT2D eigenvalue weighted by atomic mass is 9.55. The molecule has 1 heterocycles. The zero-order chi connectivity index (χ0) is 32.4. The van der Waals surface area contributed by atoms with Crippen molar-refractivity contribution in [2.75, 3.05) is 6.61 Å². The van der Waals surface area contributed by atoms with Gasteiger partial charge in [0.1, 0.15) is 18.3 Å². The van der Waals surface area contributed by atoms with E-state index in [4.69, 9.17) is 35.3 Å². The van der Waals surface area contributed by atoms with Crippen molar-refractivity contribution in [2.24, 2.45) is 23.2 Å². The molecule has 12 heteroatoms. The normalized spacial score (nSPS) is 37.1. The van der Waals surface area contributed by atoms with Gasteiger partial charge in [0, 0.05) is 19.8 Å². The fourth-order valence-corrected chi connectivity index (χ4v) is 6.59. The summed E-state index contributed by atoms with van der Waals surface area (Å²) in [6.07, 6.45) is -1.07. The van der Waals surface area contributed by atoms with E-state index >= 15 is 0 Å². The minimum Gasteiger partial charge on any atom is -0.462 e. The van der Waals surface area contributed by atoms with Gasteiger partial charge in [-0.1, -0.05) is 45.6 Å². The average molecular weight is 625 g/mol. The van der Waals surface area contributed by atoms with Gasteiger partial charge >= 0.3 is 29.8 Å². The molecule has 1 saturated heterocycles. The van der Waals surface area contributed by atoms with Crippen LogP contribution < -0.4 is 0 Å². The fraction of sp³-hybridized carbons (Fsp3) is 0.645. The van der Waals surface area contributed by atoms with Gasteiger partial charge in [0.25, 0.3) is 0 Å². The van der Waals surface area contributed by atoms with Gasteiger partial charge in [0.2, 0.25) is 0 Å². The molecule has 11 nitrogen and oxygen atoms in total. The van der Waals surface area contributed by atoms with Crippen LogP contribution in [0, 0.1) is 23.2 Å². The molecule has 0 aromatic carbocycles. The maximum atomic E-state index is 13.1. The molecule has 3 aliphatic rings. The lowest BCUT2D eigenvalue weighted by Crippen LogP contribution is -2.66. The van der Waals surface area contributed by atoms with Gasteiger partial charge in [0.05, 0.1) is 22.6 Å². The topological polar surface area (TPSA) is 152 Å². The smallest absolute Gasteiger partial charge is 0.344 e. The van der Waals surface area contributed by atoms with Crippen LogP contribution in [0.3, 0.4) is 0 Å². The molecule has 1 unspecified atom stereocenters. The molecule has 43 heavy (non-hydrogen) atoms. The molecule has 0 amide bonds. The van der Waals surface area contributed by atoms with Crippen molar-refractivity contribution in [3.05, 3.63) is 36.5 Å². The maximum absolute atomic E-state index is 13.1. The van der Waals surface area contributed by atoms with Crippen molar-refractivity contribution in [3.8, 4) is 0 Å². The van der Waals surface area contributed by atoms with E-state index in [2.05, 4.69) is 13.2 Å². The average Bonchev–Trinajstić information content (AvgIpc) is 3.17. The van der Waals surface area contributed by atoms with E-state index in [1.54, 1.807) is 20.8 Å². The van der Waals surface area contributed by atoms with Gasteiger partial charge in [-0.3, -0.25) is 19.2 Å². The molecule has 1 saturated carbocycles. The molecule has 10 atom stereocenters. The van der Waals surface area contributed by atoms with Crippen LogP contribution in [0.5, 0.6) is 0 Å². The number of rotatable bonds is 7. The van der Waals surface area contributed by atoms with Crippen LogP contribution in [-0.2, 0) is 47.7 Å². The Morgan fingerprint density at radius 1 is 1.16 bits per heavy atom. The Labute approximate surface area is 256 Å². The Bertz CT molecular complexity index is 1210. The summed E-state index contributed by atoms with van der Waals surface area (Å²) in [5.74, 6) is -6.35. The molecule has 0 spiro atoms. The Hall–Kier alpha value is -3.18. The van der Waals surface area contributed by atoms with Gasteiger partial charge in [-0.15, -0.1) is 11.6 Å². The summed E-state index contributed by atoms with van der Waals surface area (Å²) in [7, 11) is 0. The highest BCUT2D eigenvalue weighted by atomic mass is 35.5. The van der Waals surface area contributed by atoms with E-state index in [1.165, 1.54) is 26.0 Å². The summed E-state index contributed by atoms with van der Waals surface area (Å²) in [6, 6.07) is 0. The number of allylic oxidation sites excluding steroid dienone is 1. The monoisotopic (exact) mass is 624 g/mol. The molecule has 0 radical (unpaired) electrons. The first-order valence-corrected chi connectivity index (χ1v) is 14.8. The van der Waals surface area contributed by atoms with E-state index in [0.717, 1.165) is 6.92 Å². The number of hydrogen-bond donors (Lipinski definition) is 1. The molecule has 0 bridgehead atoms. The third-order valence-electron chi connectivity index (χ3n) is 8.96. The van der Waals surface area contributed by atoms with Gasteiger partial charge in [0.15, 0.2) is 18.3 Å². The molecule has 2 aliphatic carbocycles. The molecule has 0 aromatic rings. The van der Waals surface area contributed by atoms with Gasteiger partial charge in [-0.05, 0) is 37.8 Å². The van der Waals surface area contributed by atoms with Crippen molar-refractivity contribution in [1.29, 1.82) is 0 Å². The number of hydrogen-bond acceptors (Lipinski definition) is 11. The van der Waals surface area contributed by atoms with Gasteiger partial charge in [-0.25, -0.2) is 4.79 Å². The maximum Gasteiger partial charge on any atom is 0.344 e. The molecular formula is C31H41ClO11. The zero-order valence-corrected chi connectivity index (χ0v) is 26.2. The van der Waals surface area contributed by atoms with Crippen LogP contribution in [0.25, 0.3) is 0 Å². The third kappa shape index (κ3) is 6.52. The molecule has 2 fully saturated rings. The van der Waals surface area contributed by atoms with E-state index in [-0.39, 0.29) is 18.4 Å². The SMILES string of the molecule is C=C1CC[C@H](OC(C)=O)C2(C)[C@@H](OC(=O)COC(=O)[C@@H](C)CC)/C=C/C(=C)[C@H](Cl)[C@@H]3OC(=O)[C@H](C)[C@]3(O)[C@@H](OC(C)=O)[C@@H]12. The van der Waals surface area contributed by atoms with E-state index < -0.39 is 95.0 Å². The second kappa shape index (κ2) is 13.2. The van der Waals surface area contributed by atoms with E-state index in [0.29, 0.717) is 12.0 Å². The number of ether oxygens (including phenoxy) is 5. The number of carbonyl (C=O) groups excluding carboxylic acids is 5. The minimum absolute atomic E-state index is 0.193. The Morgan fingerprint density at radius 2 is 1.79 bits per heavy atom. The van der Waals surface area contributed by atoms with Crippen molar-refractivity contribution in [1.82, 2.24) is 0 Å². The standard InChI is InChI=1S/C31H41ClO11/c1-9-15(2)28(36)39-14-23(35)42-22-13-11-17(4)25(32)27-31(38,18(5)29(37)43-27)26(41-20(7)34)24-16(3)10-12-21(30(22,24)8)40-19(6)33/h11,13,15,18,21-22,24-27,38H,3-4,9-10,12,14H2,1-2,5-8H3/b13-11+/t15-,18-,21-,22-,24+,25-,26-,27-,30?,31-/m0/s1. The molecule has 3 rings (SSSR count). The molecule has 0 aromatic heterocycles. The largest absolute Gasteiger partial charge is 0.462 e. The number of aliphatic hydroxyl groups is 1. The Kier molecular flexibility index (Phi) is 10.5. The number of fused-ring (bicyclic) bond motifs is 2. The van der Waals surface area contributed by atoms with Crippen molar-refractivity contribution in [3.63, 3.8) is 0 Å². The molecule has 1 N–H and O–H groups in total. The fourth-order valence-electron chi connectivity index (χ4n) is 6.26. The molecule has 238 valence electrons. The first-order valence-electron chi connectivity index (χ1n) is 14.3. The first-order chi connectivity index (χ1) is 20.0. The second-order valence-corrected chi connectivity index (χ2v) is 12.3. The highest BCUT2D eigenvalue weighted by Gasteiger charge is 2.69. The van der Waals surface area contributed by atoms with Crippen LogP contribution in [0.2, 0.25) is 0 Å². The van der Waals surface area contributed by atoms with Crippen molar-refractivity contribution < 1.29 is 52.8 Å². The van der Waals surface area contributed by atoms with Crippen LogP contribution >= 0.6 is 11.6 Å². The van der Waals surface area contributed by atoms with Crippen LogP contribution in [0.4, 0.5) is 0 Å². The quantitative estimate of drug-likeness (QED) is 0.192. The number of halogens is 1. The summed E-state index contributed by atoms with van der Waals surface area (Å²) >= 11 is 6.73. The zero-order valence-electron chi connectivity index (χ0n) is 25.4. The van der Waals surface area contributed by atoms with Crippen molar-refractivity contribution in [2.45, 2.75) is 96.2 Å². The minimum atomic E-state index is -2.20. The van der Waals surface area contributed by atoms with Gasteiger partial charge < -0.3 is 28.8 Å². The van der Waals surface area contributed by atoms with Crippen LogP contribution in [0.1, 0.15) is 60.8 Å². The summed E-state index contributed by atoms with van der Waals surface area (Å²) in [5, 5.41) is 11.2. The summed E-state index contributed by atoms with van der Waals surface area (Å²) in [5.41, 5.74) is -2.96. The van der Waals surface area contributed by atoms with Gasteiger partial charge in [-0.2, -0.15) is 0 Å². The Morgan fingerprint density at radius 3 is 2.37 bits per heavy atom. The number of carbonyl (C=O) groups is 5. The predicted octanol–water partition coefficient (Wildman–Crippen LogP) is 3.35. The summed E-state index contributed by atoms with van der Waals surface area (Å²) in [4.78, 5) is 63.2. The lowest BCUT2D eigenvalue weighted by molar-refractivity contribution is -0.218. The third-order valence-corrected chi connectivity index (χ3v) is 9.47. The number of alkyl halides is 1. The van der Waals surface area contributed by atoms with Crippen LogP contribution in [-0.4, -0.2) is 77.0 Å². The van der Waals surface area contributed by atoms with E-state index in [9.17, 15) is 29.1 Å². The summed E-state index contributed by atoms with van der Waals surface area (Å²) < 4.78 is 28.2. The first kappa shape index (κ1) is 34.3. The lowest BCUT2D eigenvalue weighted by Gasteiger charge is -2.55. The highest BCUT2D eigenvalue weighted by Crippen LogP contribution is 2.56. The highest BCUT2D eigenvalue weighted by molar-refractivity contribution is 6.23.